The zero-order valence-corrected chi connectivity index (χ0v) is 12.2. The Morgan fingerprint density at radius 2 is 1.83 bits per heavy atom. The largest absolute Gasteiger partial charge is 0.497 e. The van der Waals surface area contributed by atoms with E-state index >= 15 is 0 Å². The molecule has 0 fully saturated rings. The number of ether oxygens (including phenoxy) is 1. The van der Waals surface area contributed by atoms with Crippen molar-refractivity contribution in [1.29, 1.82) is 0 Å². The minimum atomic E-state index is 0.528. The molecule has 3 nitrogen and oxygen atoms in total. The van der Waals surface area contributed by atoms with Gasteiger partial charge < -0.3 is 10.5 Å². The van der Waals surface area contributed by atoms with Crippen molar-refractivity contribution < 1.29 is 4.74 Å². The average molecular weight is 250 g/mol. The van der Waals surface area contributed by atoms with Crippen LogP contribution in [0.2, 0.25) is 0 Å². The first-order chi connectivity index (χ1) is 8.42. The van der Waals surface area contributed by atoms with Gasteiger partial charge in [-0.05, 0) is 37.5 Å². The summed E-state index contributed by atoms with van der Waals surface area (Å²) in [6.07, 6.45) is 0. The van der Waals surface area contributed by atoms with Crippen molar-refractivity contribution in [2.24, 2.45) is 5.92 Å². The SMILES string of the molecule is COc1cc(N)cc(CN(CC(C)C)C(C)C)c1. The van der Waals surface area contributed by atoms with E-state index in [0.29, 0.717) is 12.0 Å². The summed E-state index contributed by atoms with van der Waals surface area (Å²) in [5, 5.41) is 0. The van der Waals surface area contributed by atoms with E-state index in [9.17, 15) is 0 Å². The molecular formula is C15H26N2O. The van der Waals surface area contributed by atoms with Gasteiger partial charge >= 0.3 is 0 Å². The Morgan fingerprint density at radius 1 is 1.17 bits per heavy atom. The Bertz CT molecular complexity index is 375. The molecule has 3 heteroatoms. The highest BCUT2D eigenvalue weighted by Gasteiger charge is 2.12. The second kappa shape index (κ2) is 6.64. The minimum Gasteiger partial charge on any atom is -0.497 e. The number of anilines is 1. The molecule has 1 aromatic carbocycles. The lowest BCUT2D eigenvalue weighted by Crippen LogP contribution is -2.33. The zero-order valence-electron chi connectivity index (χ0n) is 12.2. The fourth-order valence-corrected chi connectivity index (χ4v) is 2.06. The molecule has 0 radical (unpaired) electrons. The van der Waals surface area contributed by atoms with Gasteiger partial charge in [0.25, 0.3) is 0 Å². The van der Waals surface area contributed by atoms with Crippen LogP contribution in [0.25, 0.3) is 0 Å². The van der Waals surface area contributed by atoms with Crippen molar-refractivity contribution in [3.8, 4) is 5.75 Å². The second-order valence-corrected chi connectivity index (χ2v) is 5.53. The molecule has 0 atom stereocenters. The molecule has 0 saturated carbocycles. The van der Waals surface area contributed by atoms with E-state index in [1.54, 1.807) is 7.11 Å². The molecule has 2 N–H and O–H groups in total. The van der Waals surface area contributed by atoms with Gasteiger partial charge in [0.15, 0.2) is 0 Å². The predicted octanol–water partition coefficient (Wildman–Crippen LogP) is 3.14. The molecule has 0 saturated heterocycles. The van der Waals surface area contributed by atoms with Gasteiger partial charge in [-0.15, -0.1) is 0 Å². The minimum absolute atomic E-state index is 0.528. The van der Waals surface area contributed by atoms with Crippen molar-refractivity contribution in [1.82, 2.24) is 4.90 Å². The highest BCUT2D eigenvalue weighted by molar-refractivity contribution is 5.47. The molecule has 0 aliphatic carbocycles. The van der Waals surface area contributed by atoms with Crippen molar-refractivity contribution in [3.63, 3.8) is 0 Å². The Hall–Kier alpha value is -1.22. The van der Waals surface area contributed by atoms with Crippen LogP contribution in [0.5, 0.6) is 5.75 Å². The standard InChI is InChI=1S/C15H26N2O/c1-11(2)9-17(12(3)4)10-13-6-14(16)8-15(7-13)18-5/h6-8,11-12H,9-10,16H2,1-5H3. The summed E-state index contributed by atoms with van der Waals surface area (Å²) >= 11 is 0. The number of nitrogen functional groups attached to an aromatic ring is 1. The maximum Gasteiger partial charge on any atom is 0.121 e. The first-order valence-corrected chi connectivity index (χ1v) is 6.59. The lowest BCUT2D eigenvalue weighted by Gasteiger charge is -2.28. The molecule has 0 heterocycles. The topological polar surface area (TPSA) is 38.5 Å². The molecule has 0 aliphatic rings. The Labute approximate surface area is 111 Å². The first-order valence-electron chi connectivity index (χ1n) is 6.59. The molecule has 0 aromatic heterocycles. The Morgan fingerprint density at radius 3 is 2.33 bits per heavy atom. The first kappa shape index (κ1) is 14.8. The molecule has 0 amide bonds. The van der Waals surface area contributed by atoms with Crippen LogP contribution in [0.1, 0.15) is 33.3 Å². The quantitative estimate of drug-likeness (QED) is 0.788. The van der Waals surface area contributed by atoms with Crippen LogP contribution in [0.15, 0.2) is 18.2 Å². The summed E-state index contributed by atoms with van der Waals surface area (Å²) < 4.78 is 5.26. The number of hydrogen-bond acceptors (Lipinski definition) is 3. The number of nitrogens with two attached hydrogens (primary N) is 1. The fraction of sp³-hybridized carbons (Fsp3) is 0.600. The molecule has 0 aliphatic heterocycles. The van der Waals surface area contributed by atoms with Crippen LogP contribution in [0.4, 0.5) is 5.69 Å². The molecule has 0 unspecified atom stereocenters. The molecule has 18 heavy (non-hydrogen) atoms. The number of rotatable bonds is 6. The van der Waals surface area contributed by atoms with Gasteiger partial charge in [-0.2, -0.15) is 0 Å². The van der Waals surface area contributed by atoms with E-state index in [2.05, 4.69) is 38.7 Å². The summed E-state index contributed by atoms with van der Waals surface area (Å²) in [4.78, 5) is 2.46. The van der Waals surface area contributed by atoms with Gasteiger partial charge in [0.1, 0.15) is 5.75 Å². The third-order valence-corrected chi connectivity index (χ3v) is 2.94. The van der Waals surface area contributed by atoms with Crippen molar-refractivity contribution in [2.75, 3.05) is 19.4 Å². The van der Waals surface area contributed by atoms with Crippen LogP contribution in [-0.2, 0) is 6.54 Å². The average Bonchev–Trinajstić information content (AvgIpc) is 2.26. The van der Waals surface area contributed by atoms with E-state index in [1.165, 1.54) is 5.56 Å². The summed E-state index contributed by atoms with van der Waals surface area (Å²) in [6, 6.07) is 6.47. The highest BCUT2D eigenvalue weighted by atomic mass is 16.5. The number of hydrogen-bond donors (Lipinski definition) is 1. The van der Waals surface area contributed by atoms with Gasteiger partial charge in [-0.1, -0.05) is 13.8 Å². The van der Waals surface area contributed by atoms with E-state index in [0.717, 1.165) is 24.5 Å². The maximum absolute atomic E-state index is 5.89. The molecule has 1 aromatic rings. The summed E-state index contributed by atoms with van der Waals surface area (Å²) in [6.45, 7) is 11.0. The number of benzene rings is 1. The molecule has 0 bridgehead atoms. The van der Waals surface area contributed by atoms with Crippen molar-refractivity contribution in [3.05, 3.63) is 23.8 Å². The molecular weight excluding hydrogens is 224 g/mol. The van der Waals surface area contributed by atoms with E-state index < -0.39 is 0 Å². The Kier molecular flexibility index (Phi) is 5.48. The molecule has 1 rings (SSSR count). The smallest absolute Gasteiger partial charge is 0.121 e. The summed E-state index contributed by atoms with van der Waals surface area (Å²) in [5.74, 6) is 1.49. The fourth-order valence-electron chi connectivity index (χ4n) is 2.06. The van der Waals surface area contributed by atoms with Crippen LogP contribution in [0.3, 0.4) is 0 Å². The second-order valence-electron chi connectivity index (χ2n) is 5.53. The monoisotopic (exact) mass is 250 g/mol. The van der Waals surface area contributed by atoms with Gasteiger partial charge in [-0.3, -0.25) is 4.90 Å². The van der Waals surface area contributed by atoms with Crippen LogP contribution >= 0.6 is 0 Å². The highest BCUT2D eigenvalue weighted by Crippen LogP contribution is 2.20. The van der Waals surface area contributed by atoms with Crippen LogP contribution < -0.4 is 10.5 Å². The van der Waals surface area contributed by atoms with Crippen LogP contribution in [0, 0.1) is 5.92 Å². The zero-order chi connectivity index (χ0) is 13.7. The third kappa shape index (κ3) is 4.57. The van der Waals surface area contributed by atoms with Crippen molar-refractivity contribution in [2.45, 2.75) is 40.3 Å². The van der Waals surface area contributed by atoms with E-state index in [-0.39, 0.29) is 0 Å². The molecule has 0 spiro atoms. The summed E-state index contributed by atoms with van der Waals surface area (Å²) in [5.41, 5.74) is 7.86. The normalized spacial score (nSPS) is 11.6. The van der Waals surface area contributed by atoms with Gasteiger partial charge in [0.2, 0.25) is 0 Å². The Balaban J connectivity index is 2.82. The van der Waals surface area contributed by atoms with Crippen molar-refractivity contribution >= 4 is 5.69 Å². The predicted molar refractivity (Wildman–Crippen MR) is 77.8 cm³/mol. The third-order valence-electron chi connectivity index (χ3n) is 2.94. The van der Waals surface area contributed by atoms with Gasteiger partial charge in [0.05, 0.1) is 7.11 Å². The van der Waals surface area contributed by atoms with Crippen LogP contribution in [-0.4, -0.2) is 24.6 Å². The summed E-state index contributed by atoms with van der Waals surface area (Å²) in [7, 11) is 1.67. The van der Waals surface area contributed by atoms with Gasteiger partial charge in [0, 0.05) is 30.9 Å². The van der Waals surface area contributed by atoms with E-state index in [1.807, 2.05) is 12.1 Å². The number of methoxy groups -OCH3 is 1. The number of nitrogens with zero attached hydrogens (tertiary/aromatic N) is 1. The van der Waals surface area contributed by atoms with E-state index in [4.69, 9.17) is 10.5 Å². The maximum atomic E-state index is 5.89. The lowest BCUT2D eigenvalue weighted by atomic mass is 10.1. The lowest BCUT2D eigenvalue weighted by molar-refractivity contribution is 0.189. The van der Waals surface area contributed by atoms with Gasteiger partial charge in [-0.25, -0.2) is 0 Å². The molecule has 102 valence electrons.